The molecule has 1 aromatic heterocycles. The van der Waals surface area contributed by atoms with Gasteiger partial charge in [0.25, 0.3) is 0 Å². The SMILES string of the molecule is CC1(C)OB(c2cc(OC3CC3)cc(C#N)n2)OC1(C)C. The fourth-order valence-corrected chi connectivity index (χ4v) is 2.11. The minimum atomic E-state index is -0.579. The van der Waals surface area contributed by atoms with Crippen LogP contribution in [0.15, 0.2) is 12.1 Å². The Morgan fingerprint density at radius 2 is 1.86 bits per heavy atom. The van der Waals surface area contributed by atoms with Crippen LogP contribution in [0.1, 0.15) is 46.2 Å². The summed E-state index contributed by atoms with van der Waals surface area (Å²) >= 11 is 0. The van der Waals surface area contributed by atoms with Crippen LogP contribution in [-0.2, 0) is 9.31 Å². The summed E-state index contributed by atoms with van der Waals surface area (Å²) in [5, 5.41) is 9.13. The van der Waals surface area contributed by atoms with Crippen LogP contribution in [0.4, 0.5) is 0 Å². The van der Waals surface area contributed by atoms with Gasteiger partial charge in [0, 0.05) is 6.07 Å². The summed E-state index contributed by atoms with van der Waals surface area (Å²) in [6.45, 7) is 7.96. The molecule has 0 unspecified atom stereocenters. The van der Waals surface area contributed by atoms with Gasteiger partial charge in [0.15, 0.2) is 0 Å². The van der Waals surface area contributed by atoms with Gasteiger partial charge in [-0.1, -0.05) is 0 Å². The highest BCUT2D eigenvalue weighted by atomic mass is 16.7. The van der Waals surface area contributed by atoms with Crippen molar-refractivity contribution in [2.24, 2.45) is 0 Å². The van der Waals surface area contributed by atoms with Crippen molar-refractivity contribution in [3.05, 3.63) is 17.8 Å². The van der Waals surface area contributed by atoms with Crippen LogP contribution in [0.2, 0.25) is 0 Å². The molecule has 6 heteroatoms. The van der Waals surface area contributed by atoms with Crippen LogP contribution in [0.5, 0.6) is 5.75 Å². The minimum absolute atomic E-state index is 0.269. The molecule has 0 N–H and O–H groups in total. The molecule has 21 heavy (non-hydrogen) atoms. The summed E-state index contributed by atoms with van der Waals surface area (Å²) in [6.07, 6.45) is 2.40. The molecule has 1 aromatic rings. The molecule has 0 aromatic carbocycles. The molecule has 0 atom stereocenters. The van der Waals surface area contributed by atoms with E-state index >= 15 is 0 Å². The van der Waals surface area contributed by atoms with Gasteiger partial charge in [-0.3, -0.25) is 0 Å². The fourth-order valence-electron chi connectivity index (χ4n) is 2.11. The maximum Gasteiger partial charge on any atom is 0.514 e. The molecule has 2 heterocycles. The lowest BCUT2D eigenvalue weighted by Gasteiger charge is -2.32. The van der Waals surface area contributed by atoms with Crippen molar-refractivity contribution in [2.45, 2.75) is 57.8 Å². The van der Waals surface area contributed by atoms with E-state index in [1.807, 2.05) is 27.7 Å². The Balaban J connectivity index is 1.89. The largest absolute Gasteiger partial charge is 0.514 e. The highest BCUT2D eigenvalue weighted by molar-refractivity contribution is 6.61. The molecular weight excluding hydrogens is 267 g/mol. The van der Waals surface area contributed by atoms with Crippen molar-refractivity contribution < 1.29 is 14.0 Å². The average Bonchev–Trinajstić information content (AvgIpc) is 3.16. The first-order chi connectivity index (χ1) is 9.80. The first kappa shape index (κ1) is 14.4. The molecule has 110 valence electrons. The van der Waals surface area contributed by atoms with Gasteiger partial charge in [0.2, 0.25) is 0 Å². The summed E-state index contributed by atoms with van der Waals surface area (Å²) in [7, 11) is -0.579. The van der Waals surface area contributed by atoms with Crippen LogP contribution < -0.4 is 10.3 Å². The van der Waals surface area contributed by atoms with E-state index in [2.05, 4.69) is 11.1 Å². The Morgan fingerprint density at radius 3 is 2.38 bits per heavy atom. The molecule has 3 rings (SSSR count). The molecule has 1 saturated carbocycles. The number of nitriles is 1. The lowest BCUT2D eigenvalue weighted by Crippen LogP contribution is -2.41. The van der Waals surface area contributed by atoms with Crippen LogP contribution in [0.3, 0.4) is 0 Å². The molecule has 1 aliphatic heterocycles. The summed E-state index contributed by atoms with van der Waals surface area (Å²) in [5.74, 6) is 0.661. The second-order valence-corrected chi connectivity index (χ2v) is 6.63. The van der Waals surface area contributed by atoms with Crippen molar-refractivity contribution >= 4 is 12.7 Å². The van der Waals surface area contributed by atoms with E-state index in [0.717, 1.165) is 12.8 Å². The van der Waals surface area contributed by atoms with Gasteiger partial charge in [-0.25, -0.2) is 4.98 Å². The normalized spacial score (nSPS) is 22.9. The molecule has 2 fully saturated rings. The molecule has 5 nitrogen and oxygen atoms in total. The Morgan fingerprint density at radius 1 is 1.24 bits per heavy atom. The third kappa shape index (κ3) is 2.76. The third-order valence-electron chi connectivity index (χ3n) is 4.26. The van der Waals surface area contributed by atoms with Gasteiger partial charge >= 0.3 is 7.12 Å². The molecule has 0 radical (unpaired) electrons. The van der Waals surface area contributed by atoms with E-state index < -0.39 is 18.3 Å². The summed E-state index contributed by atoms with van der Waals surface area (Å²) in [5.41, 5.74) is 0.0418. The standard InChI is InChI=1S/C15H19BN2O3/c1-14(2)15(3,4)21-16(20-14)13-8-12(19-11-5-6-11)7-10(9-17)18-13/h7-8,11H,5-6H2,1-4H3. The lowest BCUT2D eigenvalue weighted by atomic mass is 9.84. The van der Waals surface area contributed by atoms with E-state index in [1.165, 1.54) is 0 Å². The van der Waals surface area contributed by atoms with Crippen molar-refractivity contribution in [3.63, 3.8) is 0 Å². The number of hydrogen-bond donors (Lipinski definition) is 0. The van der Waals surface area contributed by atoms with Gasteiger partial charge in [-0.2, -0.15) is 5.26 Å². The van der Waals surface area contributed by atoms with Gasteiger partial charge < -0.3 is 14.0 Å². The van der Waals surface area contributed by atoms with Crippen molar-refractivity contribution in [1.29, 1.82) is 5.26 Å². The maximum atomic E-state index is 9.13. The van der Waals surface area contributed by atoms with Gasteiger partial charge in [-0.15, -0.1) is 0 Å². The highest BCUT2D eigenvalue weighted by Crippen LogP contribution is 2.36. The molecule has 0 amide bonds. The topological polar surface area (TPSA) is 64.4 Å². The molecule has 2 aliphatic rings. The van der Waals surface area contributed by atoms with Crippen LogP contribution >= 0.6 is 0 Å². The zero-order valence-electron chi connectivity index (χ0n) is 12.8. The lowest BCUT2D eigenvalue weighted by molar-refractivity contribution is 0.00578. The van der Waals surface area contributed by atoms with Crippen molar-refractivity contribution in [1.82, 2.24) is 4.98 Å². The zero-order valence-corrected chi connectivity index (χ0v) is 12.8. The predicted octanol–water partition coefficient (Wildman–Crippen LogP) is 1.79. The van der Waals surface area contributed by atoms with Crippen molar-refractivity contribution in [2.75, 3.05) is 0 Å². The van der Waals surface area contributed by atoms with Gasteiger partial charge in [-0.05, 0) is 46.6 Å². The molecule has 0 spiro atoms. The van der Waals surface area contributed by atoms with E-state index in [4.69, 9.17) is 19.3 Å². The number of nitrogens with zero attached hydrogens (tertiary/aromatic N) is 2. The predicted molar refractivity (Wildman–Crippen MR) is 78.3 cm³/mol. The minimum Gasteiger partial charge on any atom is -0.490 e. The number of hydrogen-bond acceptors (Lipinski definition) is 5. The molecule has 1 saturated heterocycles. The first-order valence-electron chi connectivity index (χ1n) is 7.25. The van der Waals surface area contributed by atoms with Gasteiger partial charge in [0.1, 0.15) is 17.5 Å². The summed E-state index contributed by atoms with van der Waals surface area (Å²) in [6, 6.07) is 5.53. The Bertz CT molecular complexity index is 589. The van der Waals surface area contributed by atoms with E-state index in [-0.39, 0.29) is 6.10 Å². The van der Waals surface area contributed by atoms with Crippen molar-refractivity contribution in [3.8, 4) is 11.8 Å². The molecule has 0 bridgehead atoms. The molecular formula is C15H19BN2O3. The second-order valence-electron chi connectivity index (χ2n) is 6.63. The quantitative estimate of drug-likeness (QED) is 0.793. The van der Waals surface area contributed by atoms with Crippen LogP contribution in [0, 0.1) is 11.3 Å². The third-order valence-corrected chi connectivity index (χ3v) is 4.26. The second kappa shape index (κ2) is 4.72. The number of pyridine rings is 1. The Kier molecular flexibility index (Phi) is 3.23. The zero-order chi connectivity index (χ0) is 15.3. The Labute approximate surface area is 125 Å². The monoisotopic (exact) mass is 286 g/mol. The van der Waals surface area contributed by atoms with E-state index in [0.29, 0.717) is 17.0 Å². The number of ether oxygens (including phenoxy) is 1. The molecule has 1 aliphatic carbocycles. The summed E-state index contributed by atoms with van der Waals surface area (Å²) < 4.78 is 17.7. The number of aromatic nitrogens is 1. The summed E-state index contributed by atoms with van der Waals surface area (Å²) in [4.78, 5) is 4.30. The first-order valence-corrected chi connectivity index (χ1v) is 7.25. The maximum absolute atomic E-state index is 9.13. The van der Waals surface area contributed by atoms with Crippen LogP contribution in [-0.4, -0.2) is 29.4 Å². The number of rotatable bonds is 3. The van der Waals surface area contributed by atoms with Gasteiger partial charge in [0.05, 0.1) is 22.9 Å². The van der Waals surface area contributed by atoms with E-state index in [9.17, 15) is 0 Å². The smallest absolute Gasteiger partial charge is 0.490 e. The van der Waals surface area contributed by atoms with Crippen LogP contribution in [0.25, 0.3) is 0 Å². The Hall–Kier alpha value is -1.58. The fraction of sp³-hybridized carbons (Fsp3) is 0.600. The average molecular weight is 286 g/mol. The highest BCUT2D eigenvalue weighted by Gasteiger charge is 2.52. The van der Waals surface area contributed by atoms with E-state index in [1.54, 1.807) is 12.1 Å².